The van der Waals surface area contributed by atoms with Gasteiger partial charge in [0.1, 0.15) is 5.75 Å². The van der Waals surface area contributed by atoms with E-state index in [4.69, 9.17) is 17.0 Å². The van der Waals surface area contributed by atoms with E-state index in [-0.39, 0.29) is 6.04 Å². The Morgan fingerprint density at radius 3 is 2.32 bits per heavy atom. The molecule has 3 nitrogen and oxygen atoms in total. The van der Waals surface area contributed by atoms with E-state index in [0.29, 0.717) is 16.7 Å². The van der Waals surface area contributed by atoms with Gasteiger partial charge in [0.15, 0.2) is 16.7 Å². The van der Waals surface area contributed by atoms with Crippen molar-refractivity contribution in [2.75, 3.05) is 12.4 Å². The molecule has 2 N–H and O–H groups in total. The van der Waals surface area contributed by atoms with Crippen molar-refractivity contribution in [3.8, 4) is 5.75 Å². The van der Waals surface area contributed by atoms with Crippen LogP contribution in [0.4, 0.5) is 14.5 Å². The normalized spacial score (nSPS) is 11.9. The first-order valence-electron chi connectivity index (χ1n) is 8.05. The molecular formula is C19H22F2N2OS. The summed E-state index contributed by atoms with van der Waals surface area (Å²) in [5.41, 5.74) is 1.47. The van der Waals surface area contributed by atoms with Crippen molar-refractivity contribution in [1.29, 1.82) is 0 Å². The molecule has 0 saturated heterocycles. The maximum absolute atomic E-state index is 13.3. The number of rotatable bonds is 6. The maximum atomic E-state index is 13.3. The number of anilines is 1. The van der Waals surface area contributed by atoms with Gasteiger partial charge in [-0.1, -0.05) is 26.0 Å². The van der Waals surface area contributed by atoms with E-state index in [2.05, 4.69) is 24.5 Å². The number of methoxy groups -OCH3 is 1. The third kappa shape index (κ3) is 5.67. The molecule has 0 aliphatic carbocycles. The Bertz CT molecular complexity index is 720. The van der Waals surface area contributed by atoms with E-state index in [0.717, 1.165) is 29.9 Å². The van der Waals surface area contributed by atoms with Crippen LogP contribution >= 0.6 is 12.2 Å². The van der Waals surface area contributed by atoms with Gasteiger partial charge >= 0.3 is 0 Å². The van der Waals surface area contributed by atoms with E-state index in [9.17, 15) is 8.78 Å². The number of halogens is 2. The summed E-state index contributed by atoms with van der Waals surface area (Å²) in [6, 6.07) is 11.3. The Hall–Kier alpha value is -2.21. The van der Waals surface area contributed by atoms with E-state index < -0.39 is 11.6 Å². The van der Waals surface area contributed by atoms with Gasteiger partial charge in [-0.15, -0.1) is 0 Å². The molecule has 6 heteroatoms. The second kappa shape index (κ2) is 8.76. The minimum absolute atomic E-state index is 0.00352. The lowest BCUT2D eigenvalue weighted by Crippen LogP contribution is -2.33. The van der Waals surface area contributed by atoms with Crippen molar-refractivity contribution in [3.63, 3.8) is 0 Å². The fourth-order valence-electron chi connectivity index (χ4n) is 2.49. The van der Waals surface area contributed by atoms with Crippen LogP contribution in [0.1, 0.15) is 31.9 Å². The lowest BCUT2D eigenvalue weighted by Gasteiger charge is -2.23. The fourth-order valence-corrected chi connectivity index (χ4v) is 2.75. The van der Waals surface area contributed by atoms with Gasteiger partial charge in [0.2, 0.25) is 0 Å². The van der Waals surface area contributed by atoms with Crippen LogP contribution in [-0.4, -0.2) is 12.2 Å². The second-order valence-electron chi connectivity index (χ2n) is 6.18. The number of benzene rings is 2. The number of ether oxygens (including phenoxy) is 1. The number of hydrogen-bond donors (Lipinski definition) is 2. The maximum Gasteiger partial charge on any atom is 0.171 e. The topological polar surface area (TPSA) is 33.3 Å². The van der Waals surface area contributed by atoms with Crippen molar-refractivity contribution >= 4 is 23.0 Å². The van der Waals surface area contributed by atoms with Gasteiger partial charge in [0.05, 0.1) is 13.2 Å². The highest BCUT2D eigenvalue weighted by atomic mass is 32.1. The van der Waals surface area contributed by atoms with Crippen LogP contribution in [0.15, 0.2) is 42.5 Å². The van der Waals surface area contributed by atoms with Crippen LogP contribution in [0.3, 0.4) is 0 Å². The van der Waals surface area contributed by atoms with Gasteiger partial charge in [-0.3, -0.25) is 0 Å². The third-order valence-corrected chi connectivity index (χ3v) is 3.93. The molecule has 2 aromatic carbocycles. The Labute approximate surface area is 152 Å². The van der Waals surface area contributed by atoms with E-state index >= 15 is 0 Å². The molecule has 25 heavy (non-hydrogen) atoms. The average molecular weight is 364 g/mol. The Kier molecular flexibility index (Phi) is 6.70. The Balaban J connectivity index is 2.09. The van der Waals surface area contributed by atoms with Gasteiger partial charge in [0, 0.05) is 11.8 Å². The smallest absolute Gasteiger partial charge is 0.171 e. The molecule has 134 valence electrons. The summed E-state index contributed by atoms with van der Waals surface area (Å²) < 4.78 is 31.5. The highest BCUT2D eigenvalue weighted by molar-refractivity contribution is 7.80. The second-order valence-corrected chi connectivity index (χ2v) is 6.59. The van der Waals surface area contributed by atoms with Crippen molar-refractivity contribution in [2.24, 2.45) is 5.92 Å². The zero-order valence-corrected chi connectivity index (χ0v) is 15.3. The minimum atomic E-state index is -0.915. The molecule has 0 amide bonds. The van der Waals surface area contributed by atoms with Gasteiger partial charge in [-0.05, 0) is 54.4 Å². The van der Waals surface area contributed by atoms with Crippen LogP contribution in [0.2, 0.25) is 0 Å². The number of hydrogen-bond acceptors (Lipinski definition) is 2. The molecule has 0 heterocycles. The van der Waals surface area contributed by atoms with Crippen LogP contribution in [0.5, 0.6) is 5.75 Å². The predicted octanol–water partition coefficient (Wildman–Crippen LogP) is 5.05. The van der Waals surface area contributed by atoms with Crippen molar-refractivity contribution in [3.05, 3.63) is 59.7 Å². The van der Waals surface area contributed by atoms with E-state index in [1.807, 2.05) is 24.3 Å². The highest BCUT2D eigenvalue weighted by Crippen LogP contribution is 2.24. The summed E-state index contributed by atoms with van der Waals surface area (Å²) in [4.78, 5) is 0. The minimum Gasteiger partial charge on any atom is -0.497 e. The molecule has 0 radical (unpaired) electrons. The monoisotopic (exact) mass is 364 g/mol. The fraction of sp³-hybridized carbons (Fsp3) is 0.316. The Morgan fingerprint density at radius 2 is 1.76 bits per heavy atom. The summed E-state index contributed by atoms with van der Waals surface area (Å²) in [6.07, 6.45) is 0.867. The summed E-state index contributed by atoms with van der Waals surface area (Å²) in [5, 5.41) is 6.50. The third-order valence-electron chi connectivity index (χ3n) is 3.71. The summed E-state index contributed by atoms with van der Waals surface area (Å²) in [5.74, 6) is -0.567. The predicted molar refractivity (Wildman–Crippen MR) is 101 cm³/mol. The highest BCUT2D eigenvalue weighted by Gasteiger charge is 2.15. The first-order chi connectivity index (χ1) is 11.9. The van der Waals surface area contributed by atoms with Crippen molar-refractivity contribution < 1.29 is 13.5 Å². The molecule has 1 unspecified atom stereocenters. The SMILES string of the molecule is COc1ccc(C(CC(C)C)NC(=S)Nc2ccc(F)c(F)c2)cc1. The number of nitrogens with one attached hydrogen (secondary N) is 2. The molecule has 0 fully saturated rings. The zero-order chi connectivity index (χ0) is 18.4. The lowest BCUT2D eigenvalue weighted by atomic mass is 9.97. The van der Waals surface area contributed by atoms with Gasteiger partial charge in [0.25, 0.3) is 0 Å². The molecule has 2 aromatic rings. The van der Waals surface area contributed by atoms with E-state index in [1.54, 1.807) is 7.11 Å². The summed E-state index contributed by atoms with van der Waals surface area (Å²) in [6.45, 7) is 4.26. The van der Waals surface area contributed by atoms with Crippen LogP contribution in [0.25, 0.3) is 0 Å². The van der Waals surface area contributed by atoms with Crippen molar-refractivity contribution in [2.45, 2.75) is 26.3 Å². The lowest BCUT2D eigenvalue weighted by molar-refractivity contribution is 0.414. The zero-order valence-electron chi connectivity index (χ0n) is 14.5. The first-order valence-corrected chi connectivity index (χ1v) is 8.46. The molecule has 0 aromatic heterocycles. The molecule has 0 bridgehead atoms. The van der Waals surface area contributed by atoms with Gasteiger partial charge < -0.3 is 15.4 Å². The summed E-state index contributed by atoms with van der Waals surface area (Å²) in [7, 11) is 1.62. The van der Waals surface area contributed by atoms with Gasteiger partial charge in [-0.2, -0.15) is 0 Å². The average Bonchev–Trinajstić information content (AvgIpc) is 2.57. The molecule has 0 saturated carbocycles. The largest absolute Gasteiger partial charge is 0.497 e. The first kappa shape index (κ1) is 19.1. The molecule has 0 spiro atoms. The van der Waals surface area contributed by atoms with Crippen LogP contribution in [0, 0.1) is 17.6 Å². The number of thiocarbonyl (C=S) groups is 1. The standard InChI is InChI=1S/C19H22F2N2OS/c1-12(2)10-18(13-4-7-15(24-3)8-5-13)23-19(25)22-14-6-9-16(20)17(21)11-14/h4-9,11-12,18H,10H2,1-3H3,(H2,22,23,25). The quantitative estimate of drug-likeness (QED) is 0.703. The molecule has 2 rings (SSSR count). The molecule has 0 aliphatic rings. The molecular weight excluding hydrogens is 342 g/mol. The van der Waals surface area contributed by atoms with Gasteiger partial charge in [-0.25, -0.2) is 8.78 Å². The summed E-state index contributed by atoms with van der Waals surface area (Å²) >= 11 is 5.33. The van der Waals surface area contributed by atoms with Crippen molar-refractivity contribution in [1.82, 2.24) is 5.32 Å². The van der Waals surface area contributed by atoms with Crippen LogP contribution in [-0.2, 0) is 0 Å². The Morgan fingerprint density at radius 1 is 1.08 bits per heavy atom. The molecule has 0 aliphatic heterocycles. The van der Waals surface area contributed by atoms with Crippen LogP contribution < -0.4 is 15.4 Å². The molecule has 1 atom stereocenters. The van der Waals surface area contributed by atoms with E-state index in [1.165, 1.54) is 6.07 Å².